The van der Waals surface area contributed by atoms with Gasteiger partial charge in [0.1, 0.15) is 0 Å². The highest BCUT2D eigenvalue weighted by molar-refractivity contribution is 6.30. The Morgan fingerprint density at radius 1 is 0.917 bits per heavy atom. The zero-order valence-corrected chi connectivity index (χ0v) is 6.46. The zero-order valence-electron chi connectivity index (χ0n) is 6.46. The van der Waals surface area contributed by atoms with Crippen molar-refractivity contribution in [2.75, 3.05) is 0 Å². The predicted octanol–water partition coefficient (Wildman–Crippen LogP) is -1.08. The quantitative estimate of drug-likeness (QED) is 0.529. The molecule has 0 aliphatic heterocycles. The first-order valence-electron chi connectivity index (χ1n) is 3.40. The van der Waals surface area contributed by atoms with Gasteiger partial charge in [-0.3, -0.25) is 9.19 Å². The number of rotatable bonds is 2. The summed E-state index contributed by atoms with van der Waals surface area (Å²) in [5.41, 5.74) is 0. The molecule has 0 amide bonds. The number of hydrogen-bond acceptors (Lipinski definition) is 2. The van der Waals surface area contributed by atoms with Gasteiger partial charge in [0.25, 0.3) is 0 Å². The maximum Gasteiger partial charge on any atom is 0.401 e. The van der Waals surface area contributed by atoms with E-state index < -0.39 is 0 Å². The summed E-state index contributed by atoms with van der Waals surface area (Å²) in [6.07, 6.45) is 7.32. The summed E-state index contributed by atoms with van der Waals surface area (Å²) in [6.45, 7) is 0. The average molecular weight is 164 g/mol. The molecular formula is C6H9BN4O. The normalized spacial score (nSPS) is 9.00. The average Bonchev–Trinajstić information content (AvgIpc) is 2.60. The molecule has 0 saturated heterocycles. The van der Waals surface area contributed by atoms with Gasteiger partial charge in [-0.15, -0.1) is 0 Å². The van der Waals surface area contributed by atoms with Crippen LogP contribution >= 0.6 is 0 Å². The number of aromatic nitrogens is 4. The molecule has 2 aromatic rings. The second-order valence-electron chi connectivity index (χ2n) is 2.23. The van der Waals surface area contributed by atoms with Crippen LogP contribution in [0.15, 0.2) is 36.9 Å². The molecule has 0 unspecified atom stereocenters. The Hall–Kier alpha value is -1.56. The van der Waals surface area contributed by atoms with Crippen LogP contribution in [0.4, 0.5) is 0 Å². The first-order chi connectivity index (χ1) is 5.45. The van der Waals surface area contributed by atoms with Crippen molar-refractivity contribution in [1.29, 1.82) is 0 Å². The fourth-order valence-electron chi connectivity index (χ4n) is 0.917. The van der Waals surface area contributed by atoms with Crippen molar-refractivity contribution >= 4 is 7.55 Å². The third-order valence-corrected chi connectivity index (χ3v) is 1.41. The molecule has 2 aromatic heterocycles. The minimum Gasteiger partial charge on any atom is -0.412 e. The topological polar surface area (TPSA) is 67.1 Å². The summed E-state index contributed by atoms with van der Waals surface area (Å²) in [5.74, 6) is 0. The van der Waals surface area contributed by atoms with E-state index in [4.69, 9.17) is 0 Å². The number of nitrogens with zero attached hydrogens (tertiary/aromatic N) is 4. The Morgan fingerprint density at radius 3 is 1.75 bits per heavy atom. The van der Waals surface area contributed by atoms with Crippen LogP contribution in [-0.2, 0) is 0 Å². The van der Waals surface area contributed by atoms with Gasteiger partial charge in [0, 0.05) is 24.8 Å². The van der Waals surface area contributed by atoms with Crippen LogP contribution in [0, 0.1) is 0 Å². The molecule has 12 heavy (non-hydrogen) atoms. The Labute approximate surface area is 70.2 Å². The highest BCUT2D eigenvalue weighted by atomic mass is 16.0. The molecule has 0 saturated carbocycles. The summed E-state index contributed by atoms with van der Waals surface area (Å²) in [7, 11) is 0.681. The van der Waals surface area contributed by atoms with Crippen LogP contribution in [0.25, 0.3) is 0 Å². The Balaban J connectivity index is 0.000000720. The minimum atomic E-state index is 0. The first-order valence-corrected chi connectivity index (χ1v) is 3.40. The van der Waals surface area contributed by atoms with Gasteiger partial charge < -0.3 is 5.48 Å². The van der Waals surface area contributed by atoms with Crippen LogP contribution < -0.4 is 0 Å². The van der Waals surface area contributed by atoms with E-state index >= 15 is 0 Å². The summed E-state index contributed by atoms with van der Waals surface area (Å²) in [5, 5.41) is 8.09. The van der Waals surface area contributed by atoms with E-state index in [1.54, 1.807) is 12.4 Å². The molecule has 5 nitrogen and oxygen atoms in total. The second-order valence-corrected chi connectivity index (χ2v) is 2.23. The molecule has 2 rings (SSSR count). The van der Waals surface area contributed by atoms with Gasteiger partial charge in [-0.05, 0) is 12.1 Å². The lowest BCUT2D eigenvalue weighted by molar-refractivity contribution is 0.824. The summed E-state index contributed by atoms with van der Waals surface area (Å²) in [6, 6.07) is 3.78. The maximum atomic E-state index is 4.05. The lowest BCUT2D eigenvalue weighted by atomic mass is 10.2. The van der Waals surface area contributed by atoms with Gasteiger partial charge in [-0.2, -0.15) is 10.2 Å². The Morgan fingerprint density at radius 2 is 1.42 bits per heavy atom. The lowest BCUT2D eigenvalue weighted by Gasteiger charge is -1.96. The van der Waals surface area contributed by atoms with Crippen molar-refractivity contribution in [3.63, 3.8) is 0 Å². The predicted molar refractivity (Wildman–Crippen MR) is 46.0 cm³/mol. The van der Waals surface area contributed by atoms with Gasteiger partial charge in [-0.25, -0.2) is 0 Å². The highest BCUT2D eigenvalue weighted by Crippen LogP contribution is 1.83. The fraction of sp³-hybridized carbons (Fsp3) is 0. The molecule has 2 N–H and O–H groups in total. The zero-order chi connectivity index (χ0) is 7.52. The van der Waals surface area contributed by atoms with Crippen molar-refractivity contribution in [2.45, 2.75) is 0 Å². The van der Waals surface area contributed by atoms with Gasteiger partial charge in [-0.1, -0.05) is 0 Å². The molecule has 62 valence electrons. The van der Waals surface area contributed by atoms with Crippen molar-refractivity contribution in [1.82, 2.24) is 19.4 Å². The molecular weight excluding hydrogens is 155 g/mol. The first kappa shape index (κ1) is 8.54. The summed E-state index contributed by atoms with van der Waals surface area (Å²) in [4.78, 5) is 0. The van der Waals surface area contributed by atoms with E-state index in [9.17, 15) is 0 Å². The van der Waals surface area contributed by atoms with E-state index in [2.05, 4.69) is 10.2 Å². The second kappa shape index (κ2) is 3.73. The van der Waals surface area contributed by atoms with E-state index in [-0.39, 0.29) is 5.48 Å². The van der Waals surface area contributed by atoms with Crippen molar-refractivity contribution in [3.05, 3.63) is 36.9 Å². The molecule has 0 radical (unpaired) electrons. The molecule has 0 aromatic carbocycles. The monoisotopic (exact) mass is 164 g/mol. The lowest BCUT2D eigenvalue weighted by Crippen LogP contribution is -2.17. The minimum absolute atomic E-state index is 0. The summed E-state index contributed by atoms with van der Waals surface area (Å²) < 4.78 is 3.62. The fourth-order valence-corrected chi connectivity index (χ4v) is 0.917. The standard InChI is InChI=1S/C6H7BN4.H2O/c1-3-8-10(5-1)7-11-6-2-4-9-11;/h1-7H;1H2. The molecule has 0 aliphatic rings. The third kappa shape index (κ3) is 1.73. The van der Waals surface area contributed by atoms with E-state index in [0.29, 0.717) is 7.55 Å². The van der Waals surface area contributed by atoms with Gasteiger partial charge in [0.2, 0.25) is 0 Å². The highest BCUT2D eigenvalue weighted by Gasteiger charge is 1.95. The molecule has 6 heteroatoms. The van der Waals surface area contributed by atoms with Crippen LogP contribution in [-0.4, -0.2) is 32.4 Å². The SMILES string of the molecule is B(n1cccn1)n1cccn1.O. The Bertz CT molecular complexity index is 272. The van der Waals surface area contributed by atoms with Crippen LogP contribution in [0.5, 0.6) is 0 Å². The summed E-state index contributed by atoms with van der Waals surface area (Å²) >= 11 is 0. The van der Waals surface area contributed by atoms with E-state index in [0.717, 1.165) is 0 Å². The van der Waals surface area contributed by atoms with E-state index in [1.165, 1.54) is 0 Å². The van der Waals surface area contributed by atoms with Crippen molar-refractivity contribution in [3.8, 4) is 0 Å². The largest absolute Gasteiger partial charge is 0.412 e. The van der Waals surface area contributed by atoms with E-state index in [1.807, 2.05) is 33.7 Å². The van der Waals surface area contributed by atoms with Gasteiger partial charge in [0.05, 0.1) is 0 Å². The molecule has 0 bridgehead atoms. The van der Waals surface area contributed by atoms with Crippen LogP contribution in [0.3, 0.4) is 0 Å². The van der Waals surface area contributed by atoms with Gasteiger partial charge in [0.15, 0.2) is 0 Å². The van der Waals surface area contributed by atoms with Crippen LogP contribution in [0.2, 0.25) is 0 Å². The third-order valence-electron chi connectivity index (χ3n) is 1.41. The van der Waals surface area contributed by atoms with Crippen LogP contribution in [0.1, 0.15) is 0 Å². The maximum absolute atomic E-state index is 4.05. The van der Waals surface area contributed by atoms with Crippen molar-refractivity contribution in [2.24, 2.45) is 0 Å². The molecule has 2 heterocycles. The molecule has 0 aliphatic carbocycles. The van der Waals surface area contributed by atoms with Gasteiger partial charge >= 0.3 is 7.55 Å². The molecule has 0 atom stereocenters. The Kier molecular flexibility index (Phi) is 2.65. The molecule has 0 spiro atoms. The molecule has 0 fully saturated rings. The number of hydrogen-bond donors (Lipinski definition) is 0. The smallest absolute Gasteiger partial charge is 0.401 e. The van der Waals surface area contributed by atoms with Crippen molar-refractivity contribution < 1.29 is 5.48 Å².